The van der Waals surface area contributed by atoms with Crippen LogP contribution in [0.25, 0.3) is 0 Å². The molecular weight excluding hydrogens is 306 g/mol. The predicted octanol–water partition coefficient (Wildman–Crippen LogP) is 2.53. The Kier molecular flexibility index (Phi) is 5.78. The average Bonchev–Trinajstić information content (AvgIpc) is 2.61. The number of nitrogens with zero attached hydrogens (tertiary/aromatic N) is 2. The molecule has 0 atom stereocenters. The molecular formula is C18H21N3O3. The molecule has 6 nitrogen and oxygen atoms in total. The number of amides is 1. The summed E-state index contributed by atoms with van der Waals surface area (Å²) < 4.78 is 10.4. The maximum absolute atomic E-state index is 12.1. The van der Waals surface area contributed by atoms with Crippen LogP contribution < -0.4 is 19.8 Å². The normalized spacial score (nSPS) is 10.5. The quantitative estimate of drug-likeness (QED) is 0.654. The molecule has 0 aromatic heterocycles. The number of anilines is 1. The highest BCUT2D eigenvalue weighted by atomic mass is 16.5. The van der Waals surface area contributed by atoms with Crippen LogP contribution in [0.15, 0.2) is 47.6 Å². The molecule has 0 fully saturated rings. The van der Waals surface area contributed by atoms with Crippen molar-refractivity contribution >= 4 is 17.8 Å². The summed E-state index contributed by atoms with van der Waals surface area (Å²) in [6.07, 6.45) is 1.55. The van der Waals surface area contributed by atoms with Crippen molar-refractivity contribution in [3.8, 4) is 11.5 Å². The van der Waals surface area contributed by atoms with E-state index in [-0.39, 0.29) is 5.91 Å². The standard InChI is InChI=1S/C18H21N3O3/c1-21(2)15-8-6-14(7-9-15)18(22)20-19-12-13-5-10-16(23-3)17(11-13)24-4/h5-12H,1-4H3,(H,20,22). The number of benzene rings is 2. The summed E-state index contributed by atoms with van der Waals surface area (Å²) >= 11 is 0. The highest BCUT2D eigenvalue weighted by Gasteiger charge is 2.05. The first-order valence-corrected chi connectivity index (χ1v) is 7.38. The van der Waals surface area contributed by atoms with Gasteiger partial charge in [0.1, 0.15) is 0 Å². The fraction of sp³-hybridized carbons (Fsp3) is 0.222. The van der Waals surface area contributed by atoms with E-state index in [0.717, 1.165) is 11.3 Å². The van der Waals surface area contributed by atoms with Gasteiger partial charge in [0, 0.05) is 25.3 Å². The monoisotopic (exact) mass is 327 g/mol. The number of ether oxygens (including phenoxy) is 2. The zero-order chi connectivity index (χ0) is 17.5. The number of methoxy groups -OCH3 is 2. The minimum Gasteiger partial charge on any atom is -0.493 e. The van der Waals surface area contributed by atoms with E-state index in [0.29, 0.717) is 17.1 Å². The smallest absolute Gasteiger partial charge is 0.271 e. The Morgan fingerprint density at radius 2 is 1.71 bits per heavy atom. The van der Waals surface area contributed by atoms with Crippen LogP contribution in [-0.4, -0.2) is 40.4 Å². The van der Waals surface area contributed by atoms with Gasteiger partial charge in [-0.25, -0.2) is 5.43 Å². The largest absolute Gasteiger partial charge is 0.493 e. The molecule has 0 radical (unpaired) electrons. The predicted molar refractivity (Wildman–Crippen MR) is 95.4 cm³/mol. The van der Waals surface area contributed by atoms with Gasteiger partial charge in [-0.2, -0.15) is 5.10 Å². The van der Waals surface area contributed by atoms with Gasteiger partial charge in [0.05, 0.1) is 20.4 Å². The van der Waals surface area contributed by atoms with Crippen molar-refractivity contribution in [2.75, 3.05) is 33.2 Å². The molecule has 0 aliphatic heterocycles. The van der Waals surface area contributed by atoms with Crippen LogP contribution in [0.3, 0.4) is 0 Å². The van der Waals surface area contributed by atoms with Crippen LogP contribution in [0.4, 0.5) is 5.69 Å². The maximum Gasteiger partial charge on any atom is 0.271 e. The van der Waals surface area contributed by atoms with Crippen LogP contribution in [0.1, 0.15) is 15.9 Å². The highest BCUT2D eigenvalue weighted by Crippen LogP contribution is 2.26. The average molecular weight is 327 g/mol. The molecule has 2 aromatic carbocycles. The summed E-state index contributed by atoms with van der Waals surface area (Å²) in [7, 11) is 7.04. The summed E-state index contributed by atoms with van der Waals surface area (Å²) in [5.41, 5.74) is 4.87. The third kappa shape index (κ3) is 4.25. The van der Waals surface area contributed by atoms with Crippen LogP contribution >= 0.6 is 0 Å². The van der Waals surface area contributed by atoms with Crippen molar-refractivity contribution in [1.29, 1.82) is 0 Å². The van der Waals surface area contributed by atoms with Gasteiger partial charge in [-0.1, -0.05) is 0 Å². The van der Waals surface area contributed by atoms with Gasteiger partial charge in [0.15, 0.2) is 11.5 Å². The van der Waals surface area contributed by atoms with Crippen molar-refractivity contribution < 1.29 is 14.3 Å². The van der Waals surface area contributed by atoms with Crippen molar-refractivity contribution in [3.63, 3.8) is 0 Å². The number of carbonyl (C=O) groups is 1. The van der Waals surface area contributed by atoms with E-state index in [1.54, 1.807) is 44.7 Å². The lowest BCUT2D eigenvalue weighted by Gasteiger charge is -2.12. The molecule has 0 saturated carbocycles. The lowest BCUT2D eigenvalue weighted by molar-refractivity contribution is 0.0955. The second-order valence-electron chi connectivity index (χ2n) is 5.25. The Balaban J connectivity index is 2.01. The van der Waals surface area contributed by atoms with Crippen LogP contribution in [0, 0.1) is 0 Å². The lowest BCUT2D eigenvalue weighted by Crippen LogP contribution is -2.18. The third-order valence-electron chi connectivity index (χ3n) is 3.43. The minimum atomic E-state index is -0.267. The summed E-state index contributed by atoms with van der Waals surface area (Å²) in [6.45, 7) is 0. The number of hydrogen-bond donors (Lipinski definition) is 1. The fourth-order valence-electron chi connectivity index (χ4n) is 2.07. The Morgan fingerprint density at radius 1 is 1.04 bits per heavy atom. The van der Waals surface area contributed by atoms with E-state index in [1.807, 2.05) is 37.2 Å². The van der Waals surface area contributed by atoms with Crippen molar-refractivity contribution in [2.45, 2.75) is 0 Å². The fourth-order valence-corrected chi connectivity index (χ4v) is 2.07. The number of rotatable bonds is 6. The molecule has 6 heteroatoms. The molecule has 0 saturated heterocycles. The van der Waals surface area contributed by atoms with Gasteiger partial charge in [-0.15, -0.1) is 0 Å². The molecule has 126 valence electrons. The number of hydrazone groups is 1. The minimum absolute atomic E-state index is 0.267. The zero-order valence-electron chi connectivity index (χ0n) is 14.2. The van der Waals surface area contributed by atoms with E-state index < -0.39 is 0 Å². The molecule has 2 aromatic rings. The number of carbonyl (C=O) groups excluding carboxylic acids is 1. The summed E-state index contributed by atoms with van der Waals surface area (Å²) in [5.74, 6) is 0.976. The topological polar surface area (TPSA) is 63.2 Å². The molecule has 1 amide bonds. The summed E-state index contributed by atoms with van der Waals surface area (Å²) in [6, 6.07) is 12.7. The zero-order valence-corrected chi connectivity index (χ0v) is 14.2. The molecule has 0 bridgehead atoms. The van der Waals surface area contributed by atoms with Crippen molar-refractivity contribution in [1.82, 2.24) is 5.43 Å². The molecule has 0 unspecified atom stereocenters. The third-order valence-corrected chi connectivity index (χ3v) is 3.43. The first-order valence-electron chi connectivity index (χ1n) is 7.38. The Bertz CT molecular complexity index is 725. The maximum atomic E-state index is 12.1. The second-order valence-corrected chi connectivity index (χ2v) is 5.25. The molecule has 2 rings (SSSR count). The van der Waals surface area contributed by atoms with Crippen LogP contribution in [-0.2, 0) is 0 Å². The van der Waals surface area contributed by atoms with Gasteiger partial charge >= 0.3 is 0 Å². The molecule has 0 aliphatic rings. The van der Waals surface area contributed by atoms with Crippen LogP contribution in [0.5, 0.6) is 11.5 Å². The first-order chi connectivity index (χ1) is 11.5. The Hall–Kier alpha value is -3.02. The first kappa shape index (κ1) is 17.3. The second kappa shape index (κ2) is 8.01. The van der Waals surface area contributed by atoms with E-state index in [2.05, 4.69) is 10.5 Å². The van der Waals surface area contributed by atoms with E-state index in [4.69, 9.17) is 9.47 Å². The Labute approximate surface area is 141 Å². The van der Waals surface area contributed by atoms with Crippen LogP contribution in [0.2, 0.25) is 0 Å². The van der Waals surface area contributed by atoms with Gasteiger partial charge in [0.25, 0.3) is 5.91 Å². The molecule has 0 aliphatic carbocycles. The van der Waals surface area contributed by atoms with Crippen molar-refractivity contribution in [2.24, 2.45) is 5.10 Å². The SMILES string of the molecule is COc1ccc(C=NNC(=O)c2ccc(N(C)C)cc2)cc1OC. The molecule has 0 heterocycles. The highest BCUT2D eigenvalue weighted by molar-refractivity contribution is 5.95. The molecule has 0 spiro atoms. The molecule has 24 heavy (non-hydrogen) atoms. The van der Waals surface area contributed by atoms with E-state index in [9.17, 15) is 4.79 Å². The Morgan fingerprint density at radius 3 is 2.29 bits per heavy atom. The summed E-state index contributed by atoms with van der Waals surface area (Å²) in [5, 5.41) is 3.98. The van der Waals surface area contributed by atoms with E-state index >= 15 is 0 Å². The van der Waals surface area contributed by atoms with Crippen molar-refractivity contribution in [3.05, 3.63) is 53.6 Å². The van der Waals surface area contributed by atoms with Gasteiger partial charge < -0.3 is 14.4 Å². The molecule has 1 N–H and O–H groups in total. The lowest BCUT2D eigenvalue weighted by atomic mass is 10.2. The summed E-state index contributed by atoms with van der Waals surface area (Å²) in [4.78, 5) is 14.0. The number of nitrogens with one attached hydrogen (secondary N) is 1. The van der Waals surface area contributed by atoms with Gasteiger partial charge in [0.2, 0.25) is 0 Å². The number of hydrogen-bond acceptors (Lipinski definition) is 5. The van der Waals surface area contributed by atoms with Gasteiger partial charge in [-0.3, -0.25) is 4.79 Å². The van der Waals surface area contributed by atoms with Gasteiger partial charge in [-0.05, 0) is 48.0 Å². The van der Waals surface area contributed by atoms with E-state index in [1.165, 1.54) is 0 Å².